The highest BCUT2D eigenvalue weighted by Gasteiger charge is 2.24. The van der Waals surface area contributed by atoms with Crippen molar-refractivity contribution in [2.45, 2.75) is 6.92 Å². The van der Waals surface area contributed by atoms with E-state index >= 15 is 0 Å². The number of carboxylic acid groups (broad SMARTS) is 2. The Balaban J connectivity index is 3.58. The van der Waals surface area contributed by atoms with E-state index < -0.39 is 28.1 Å². The molecule has 1 aromatic carbocycles. The highest BCUT2D eigenvalue weighted by Crippen LogP contribution is 2.25. The summed E-state index contributed by atoms with van der Waals surface area (Å²) in [7, 11) is 0. The van der Waals surface area contributed by atoms with E-state index in [1.807, 2.05) is 0 Å². The lowest BCUT2D eigenvalue weighted by molar-refractivity contribution is -0.385. The number of benzene rings is 1. The van der Waals surface area contributed by atoms with E-state index in [1.165, 1.54) is 6.92 Å². The van der Waals surface area contributed by atoms with Gasteiger partial charge >= 0.3 is 11.9 Å². The number of aromatic carboxylic acids is 2. The second-order valence-electron chi connectivity index (χ2n) is 3.06. The van der Waals surface area contributed by atoms with E-state index in [1.54, 1.807) is 0 Å². The highest BCUT2D eigenvalue weighted by atomic mass is 16.6. The maximum Gasteiger partial charge on any atom is 0.342 e. The fourth-order valence-corrected chi connectivity index (χ4v) is 1.31. The molecule has 0 spiro atoms. The second kappa shape index (κ2) is 3.97. The summed E-state index contributed by atoms with van der Waals surface area (Å²) in [6.45, 7) is 1.29. The largest absolute Gasteiger partial charge is 0.478 e. The number of aryl methyl sites for hydroxylation is 1. The van der Waals surface area contributed by atoms with Gasteiger partial charge in [0.1, 0.15) is 5.56 Å². The van der Waals surface area contributed by atoms with Crippen LogP contribution in [0.3, 0.4) is 0 Å². The van der Waals surface area contributed by atoms with Gasteiger partial charge in [-0.15, -0.1) is 0 Å². The molecular weight excluding hydrogens is 218 g/mol. The molecule has 0 atom stereocenters. The Kier molecular flexibility index (Phi) is 2.89. The molecule has 2 N–H and O–H groups in total. The molecule has 0 aliphatic heterocycles. The van der Waals surface area contributed by atoms with Crippen LogP contribution in [0.5, 0.6) is 0 Å². The molecule has 84 valence electrons. The smallest absolute Gasteiger partial charge is 0.342 e. The molecule has 0 aliphatic carbocycles. The van der Waals surface area contributed by atoms with E-state index in [0.29, 0.717) is 0 Å². The van der Waals surface area contributed by atoms with Crippen LogP contribution in [0, 0.1) is 17.0 Å². The van der Waals surface area contributed by atoms with Crippen LogP contribution in [0.25, 0.3) is 0 Å². The zero-order valence-electron chi connectivity index (χ0n) is 8.13. The lowest BCUT2D eigenvalue weighted by Crippen LogP contribution is -2.08. The van der Waals surface area contributed by atoms with Gasteiger partial charge in [-0.05, 0) is 19.1 Å². The van der Waals surface area contributed by atoms with Crippen LogP contribution in [0.15, 0.2) is 12.1 Å². The van der Waals surface area contributed by atoms with Crippen LogP contribution in [0.1, 0.15) is 26.3 Å². The average molecular weight is 225 g/mol. The molecule has 0 bridgehead atoms. The summed E-state index contributed by atoms with van der Waals surface area (Å²) in [4.78, 5) is 31.2. The van der Waals surface area contributed by atoms with Gasteiger partial charge in [-0.1, -0.05) is 0 Å². The second-order valence-corrected chi connectivity index (χ2v) is 3.06. The van der Waals surface area contributed by atoms with Crippen LogP contribution in [-0.4, -0.2) is 27.1 Å². The molecule has 0 heterocycles. The number of carbonyl (C=O) groups is 2. The van der Waals surface area contributed by atoms with Crippen molar-refractivity contribution >= 4 is 17.6 Å². The quantitative estimate of drug-likeness (QED) is 0.591. The van der Waals surface area contributed by atoms with Gasteiger partial charge in [0.25, 0.3) is 5.69 Å². The molecule has 0 unspecified atom stereocenters. The number of hydrogen-bond acceptors (Lipinski definition) is 4. The molecule has 0 amide bonds. The van der Waals surface area contributed by atoms with Gasteiger partial charge in [0.05, 0.1) is 10.5 Å². The minimum Gasteiger partial charge on any atom is -0.478 e. The van der Waals surface area contributed by atoms with Crippen molar-refractivity contribution in [2.24, 2.45) is 0 Å². The van der Waals surface area contributed by atoms with E-state index in [4.69, 9.17) is 10.2 Å². The number of nitro groups is 1. The standard InChI is InChI=1S/C9H7NO6/c1-4-2-5(8(11)12)3-6(9(13)14)7(4)10(15)16/h2-3H,1H3,(H,11,12)(H,13,14). The molecule has 0 saturated heterocycles. The van der Waals surface area contributed by atoms with Gasteiger partial charge in [-0.25, -0.2) is 9.59 Å². The van der Waals surface area contributed by atoms with Gasteiger partial charge in [0.15, 0.2) is 0 Å². The number of nitrogens with zero attached hydrogens (tertiary/aromatic N) is 1. The predicted octanol–water partition coefficient (Wildman–Crippen LogP) is 1.30. The van der Waals surface area contributed by atoms with Crippen molar-refractivity contribution in [3.63, 3.8) is 0 Å². The Morgan fingerprint density at radius 3 is 2.19 bits per heavy atom. The predicted molar refractivity (Wildman–Crippen MR) is 51.8 cm³/mol. The molecule has 0 saturated carbocycles. The van der Waals surface area contributed by atoms with E-state index in [-0.39, 0.29) is 11.1 Å². The van der Waals surface area contributed by atoms with Crippen molar-refractivity contribution in [2.75, 3.05) is 0 Å². The monoisotopic (exact) mass is 225 g/mol. The van der Waals surface area contributed by atoms with Crippen molar-refractivity contribution in [3.05, 3.63) is 38.9 Å². The Labute approximate surface area is 89.1 Å². The molecule has 7 nitrogen and oxygen atoms in total. The molecule has 0 fully saturated rings. The van der Waals surface area contributed by atoms with Crippen LogP contribution < -0.4 is 0 Å². The summed E-state index contributed by atoms with van der Waals surface area (Å²) in [5.41, 5.74) is -1.50. The minimum absolute atomic E-state index is 0.00213. The molecule has 16 heavy (non-hydrogen) atoms. The fourth-order valence-electron chi connectivity index (χ4n) is 1.31. The van der Waals surface area contributed by atoms with E-state index in [9.17, 15) is 19.7 Å². The Hall–Kier alpha value is -2.44. The van der Waals surface area contributed by atoms with Crippen LogP contribution >= 0.6 is 0 Å². The Bertz CT molecular complexity index is 493. The molecule has 7 heteroatoms. The third-order valence-electron chi connectivity index (χ3n) is 1.96. The molecule has 0 aromatic heterocycles. The highest BCUT2D eigenvalue weighted by molar-refractivity contribution is 5.97. The summed E-state index contributed by atoms with van der Waals surface area (Å²) in [5, 5.41) is 28.1. The lowest BCUT2D eigenvalue weighted by Gasteiger charge is -2.03. The topological polar surface area (TPSA) is 118 Å². The molecule has 0 aliphatic rings. The summed E-state index contributed by atoms with van der Waals surface area (Å²) < 4.78 is 0. The third kappa shape index (κ3) is 1.97. The summed E-state index contributed by atoms with van der Waals surface area (Å²) in [6.07, 6.45) is 0. The first-order chi connectivity index (χ1) is 7.34. The van der Waals surface area contributed by atoms with Gasteiger partial charge in [-0.3, -0.25) is 10.1 Å². The van der Waals surface area contributed by atoms with Crippen molar-refractivity contribution < 1.29 is 24.7 Å². The average Bonchev–Trinajstić information content (AvgIpc) is 2.15. The van der Waals surface area contributed by atoms with Crippen molar-refractivity contribution in [3.8, 4) is 0 Å². The van der Waals surface area contributed by atoms with E-state index in [2.05, 4.69) is 0 Å². The number of carboxylic acids is 2. The Morgan fingerprint density at radius 2 is 1.81 bits per heavy atom. The minimum atomic E-state index is -1.53. The fraction of sp³-hybridized carbons (Fsp3) is 0.111. The zero-order chi connectivity index (χ0) is 12.5. The van der Waals surface area contributed by atoms with Gasteiger partial charge in [0, 0.05) is 5.56 Å². The maximum atomic E-state index is 10.8. The summed E-state index contributed by atoms with van der Waals surface area (Å²) in [5.74, 6) is -2.86. The van der Waals surface area contributed by atoms with E-state index in [0.717, 1.165) is 12.1 Å². The first kappa shape index (κ1) is 11.6. The van der Waals surface area contributed by atoms with Crippen molar-refractivity contribution in [1.29, 1.82) is 0 Å². The summed E-state index contributed by atoms with van der Waals surface area (Å²) >= 11 is 0. The number of rotatable bonds is 3. The van der Waals surface area contributed by atoms with Gasteiger partial charge in [-0.2, -0.15) is 0 Å². The van der Waals surface area contributed by atoms with Crippen LogP contribution in [0.2, 0.25) is 0 Å². The van der Waals surface area contributed by atoms with Crippen LogP contribution in [-0.2, 0) is 0 Å². The molecule has 1 rings (SSSR count). The van der Waals surface area contributed by atoms with Gasteiger partial charge in [0.2, 0.25) is 0 Å². The molecule has 1 aromatic rings. The number of hydrogen-bond donors (Lipinski definition) is 2. The lowest BCUT2D eigenvalue weighted by atomic mass is 10.0. The SMILES string of the molecule is Cc1cc(C(=O)O)cc(C(=O)O)c1[N+](=O)[O-]. The van der Waals surface area contributed by atoms with Crippen molar-refractivity contribution in [1.82, 2.24) is 0 Å². The molecular formula is C9H7NO6. The first-order valence-corrected chi connectivity index (χ1v) is 4.10. The normalized spacial score (nSPS) is 9.81. The third-order valence-corrected chi connectivity index (χ3v) is 1.96. The van der Waals surface area contributed by atoms with Gasteiger partial charge < -0.3 is 10.2 Å². The molecule has 0 radical (unpaired) electrons. The summed E-state index contributed by atoms with van der Waals surface area (Å²) in [6, 6.07) is 1.84. The zero-order valence-corrected chi connectivity index (χ0v) is 8.13. The van der Waals surface area contributed by atoms with Crippen LogP contribution in [0.4, 0.5) is 5.69 Å². The maximum absolute atomic E-state index is 10.8. The first-order valence-electron chi connectivity index (χ1n) is 4.10. The number of nitro benzene ring substituents is 1. The Morgan fingerprint density at radius 1 is 1.25 bits per heavy atom.